The van der Waals surface area contributed by atoms with Crippen LogP contribution in [0.2, 0.25) is 232 Å². The third-order valence-electron chi connectivity index (χ3n) is 22.1. The standard InChI is InChI=1S/C21H42O3Si4.C19H36O2Si3.C16H36O3Si4.C14H30O2Si3/c1-25(2,3)22-28(23-26(4,5)6,24-27(7,8)9)19-14-17-13-18(19)21-16-11-10-15(12-16)20(17)21;1-22(2,3)20-24(7,21-23(4,5)6)17-12-15-11-16(17)19-14-9-8-13(10-14)18(15)19;1-20(2,3)17-23(18-21(4,5)6,19-22(7,8)9)16-13-14-10-11-15(16)12-14;1-17(2,3)15-19(7,16-18(4,5)6)14-11-12-8-9-13(14)10-12/h10-11,15-21H,12-14H2,1-9H3;8-9,13-19H,10-12H2,1-7H3;10-11,14-16H,12-13H2,1-9H3;8-9,12-14H,10-11H2,1-7H3. The van der Waals surface area contributed by atoms with E-state index in [0.717, 1.165) is 94.3 Å². The molecule has 24 heteroatoms. The molecule has 12 bridgehead atoms. The first-order valence-corrected chi connectivity index (χ1v) is 80.5. The van der Waals surface area contributed by atoms with Gasteiger partial charge in [0.2, 0.25) is 0 Å². The summed E-state index contributed by atoms with van der Waals surface area (Å²) in [5, 5.41) is 0. The first-order chi connectivity index (χ1) is 42.3. The van der Waals surface area contributed by atoms with Crippen LogP contribution in [0, 0.1) is 94.7 Å². The second-order valence-electron chi connectivity index (χ2n) is 42.4. The van der Waals surface area contributed by atoms with Gasteiger partial charge in [-0.3, -0.25) is 0 Å². The molecular weight excluding hydrogens is 1390 g/mol. The molecule has 0 amide bonds. The van der Waals surface area contributed by atoms with Crippen molar-refractivity contribution in [1.82, 2.24) is 0 Å². The highest BCUT2D eigenvalue weighted by molar-refractivity contribution is 6.93. The third kappa shape index (κ3) is 19.7. The van der Waals surface area contributed by atoms with Crippen molar-refractivity contribution in [1.29, 1.82) is 0 Å². The second-order valence-corrected chi connectivity index (χ2v) is 102. The van der Waals surface area contributed by atoms with Crippen LogP contribution in [0.15, 0.2) is 48.6 Å². The first kappa shape index (κ1) is 79.7. The minimum Gasteiger partial charge on any atom is -0.436 e. The molecule has 20 unspecified atom stereocenters. The van der Waals surface area contributed by atoms with E-state index in [0.29, 0.717) is 22.5 Å². The Hall–Kier alpha value is 1.60. The van der Waals surface area contributed by atoms with Crippen LogP contribution < -0.4 is 0 Å². The molecule has 0 radical (unpaired) electrons. The fourth-order valence-corrected chi connectivity index (χ4v) is 78.3. The molecule has 94 heavy (non-hydrogen) atoms. The van der Waals surface area contributed by atoms with Gasteiger partial charge in [0.05, 0.1) is 0 Å². The highest BCUT2D eigenvalue weighted by Gasteiger charge is 2.70. The molecule has 8 saturated carbocycles. The van der Waals surface area contributed by atoms with Crippen molar-refractivity contribution < 1.29 is 41.2 Å². The normalized spacial score (nSPS) is 36.3. The number of allylic oxidation sites excluding steroid dienone is 8. The van der Waals surface area contributed by atoms with Crippen LogP contribution in [0.4, 0.5) is 0 Å². The lowest BCUT2D eigenvalue weighted by atomic mass is 9.73. The molecule has 0 aromatic rings. The third-order valence-corrected chi connectivity index (χ3v) is 67.1. The van der Waals surface area contributed by atoms with Gasteiger partial charge in [-0.25, -0.2) is 0 Å². The quantitative estimate of drug-likeness (QED) is 0.0529. The van der Waals surface area contributed by atoms with Gasteiger partial charge >= 0.3 is 34.7 Å². The van der Waals surface area contributed by atoms with Gasteiger partial charge in [-0.05, 0) is 368 Å². The second kappa shape index (κ2) is 27.5. The van der Waals surface area contributed by atoms with E-state index in [-0.39, 0.29) is 0 Å². The van der Waals surface area contributed by atoms with E-state index in [4.69, 9.17) is 41.2 Å². The van der Waals surface area contributed by atoms with Crippen LogP contribution in [0.5, 0.6) is 0 Å². The highest BCUT2D eigenvalue weighted by Crippen LogP contribution is 2.72. The number of rotatable bonds is 24. The largest absolute Gasteiger partial charge is 0.473 e. The Kier molecular flexibility index (Phi) is 23.3. The van der Waals surface area contributed by atoms with Gasteiger partial charge in [0.25, 0.3) is 0 Å². The summed E-state index contributed by atoms with van der Waals surface area (Å²) in [6.07, 6.45) is 33.4. The van der Waals surface area contributed by atoms with Crippen molar-refractivity contribution in [3.8, 4) is 0 Å². The molecule has 20 atom stereocenters. The Labute approximate surface area is 593 Å². The van der Waals surface area contributed by atoms with Gasteiger partial charge in [-0.2, -0.15) is 0 Å². The molecule has 10 nitrogen and oxygen atoms in total. The summed E-state index contributed by atoms with van der Waals surface area (Å²) in [7, 11) is -26.6. The minimum absolute atomic E-state index is 0.475. The first-order valence-electron chi connectivity index (χ1n) is 38.1. The van der Waals surface area contributed by atoms with Gasteiger partial charge < -0.3 is 41.2 Å². The Morgan fingerprint density at radius 1 is 0.202 bits per heavy atom. The summed E-state index contributed by atoms with van der Waals surface area (Å²) in [5.74, 6) is 13.7. The molecule has 0 aromatic carbocycles. The maximum atomic E-state index is 7.13. The summed E-state index contributed by atoms with van der Waals surface area (Å²) in [6, 6.07) is 0. The van der Waals surface area contributed by atoms with Crippen molar-refractivity contribution in [2.24, 2.45) is 94.7 Å². The lowest BCUT2D eigenvalue weighted by Crippen LogP contribution is -2.64. The average molecular weight is 1540 g/mol. The van der Waals surface area contributed by atoms with Crippen molar-refractivity contribution >= 4 is 118 Å². The average Bonchev–Trinajstić information content (AvgIpc) is 1.54. The monoisotopic (exact) mass is 1540 g/mol. The van der Waals surface area contributed by atoms with E-state index in [1.807, 2.05) is 0 Å². The summed E-state index contributed by atoms with van der Waals surface area (Å²) >= 11 is 0. The summed E-state index contributed by atoms with van der Waals surface area (Å²) in [6.45, 7) is 74.1. The van der Waals surface area contributed by atoms with E-state index in [1.54, 1.807) is 0 Å². The smallest absolute Gasteiger partial charge is 0.436 e. The zero-order valence-electron chi connectivity index (χ0n) is 66.3. The Morgan fingerprint density at radius 3 is 0.723 bits per heavy atom. The lowest BCUT2D eigenvalue weighted by Gasteiger charge is -2.50. The fourth-order valence-electron chi connectivity index (χ4n) is 21.5. The number of fused-ring (bicyclic) bond motifs is 22. The summed E-state index contributed by atoms with van der Waals surface area (Å²) in [4.78, 5) is 0. The topological polar surface area (TPSA) is 92.3 Å². The molecule has 12 aliphatic rings. The number of hydrogen-bond acceptors (Lipinski definition) is 10. The Balaban J connectivity index is 0.000000149. The predicted molar refractivity (Wildman–Crippen MR) is 433 cm³/mol. The van der Waals surface area contributed by atoms with E-state index < -0.39 is 118 Å². The predicted octanol–water partition coefficient (Wildman–Crippen LogP) is 22.1. The van der Waals surface area contributed by atoms with Crippen molar-refractivity contribution in [3.05, 3.63) is 48.6 Å². The molecule has 0 saturated heterocycles. The van der Waals surface area contributed by atoms with Crippen LogP contribution in [0.1, 0.15) is 64.2 Å². The molecule has 0 spiro atoms. The zero-order chi connectivity index (χ0) is 70.3. The molecule has 0 heterocycles. The molecule has 12 aliphatic carbocycles. The van der Waals surface area contributed by atoms with Crippen LogP contribution in [0.25, 0.3) is 0 Å². The zero-order valence-corrected chi connectivity index (χ0v) is 80.3. The minimum atomic E-state index is -2.75. The maximum absolute atomic E-state index is 7.13. The van der Waals surface area contributed by atoms with Crippen molar-refractivity contribution in [2.75, 3.05) is 0 Å². The van der Waals surface area contributed by atoms with Gasteiger partial charge in [-0.15, -0.1) is 0 Å². The summed E-state index contributed by atoms with van der Waals surface area (Å²) < 4.78 is 69.3. The van der Waals surface area contributed by atoms with Gasteiger partial charge in [0, 0.05) is 22.2 Å². The highest BCUT2D eigenvalue weighted by atomic mass is 28.5. The summed E-state index contributed by atoms with van der Waals surface area (Å²) in [5.41, 5.74) is 2.44. The van der Waals surface area contributed by atoms with Crippen molar-refractivity contribution in [3.63, 3.8) is 0 Å². The molecule has 0 aliphatic heterocycles. The Bertz CT molecular complexity index is 2640. The van der Waals surface area contributed by atoms with Gasteiger partial charge in [0.1, 0.15) is 0 Å². The van der Waals surface area contributed by atoms with E-state index in [1.165, 1.54) is 64.2 Å². The van der Waals surface area contributed by atoms with Crippen LogP contribution in [-0.4, -0.2) is 118 Å². The SMILES string of the molecule is C[Si](C)(C)O[Si](C)(O[Si](C)(C)C)C1CC2C=CC1C2.C[Si](C)(C)O[Si](C)(O[Si](C)(C)C)C1CC2CC1C1C3C=CC(C3)C21.C[Si](C)(C)O[Si](O[Si](C)(C)C)(O[Si](C)(C)C)C1CC2C=CC1C2.C[Si](C)(C)O[Si](O[Si](C)(C)C)(O[Si](C)(C)C)C1CC2CC1C1C3C=CC(C3)C21. The molecule has 0 aromatic heterocycles. The fraction of sp³-hybridized carbons (Fsp3) is 0.886. The van der Waals surface area contributed by atoms with E-state index >= 15 is 0 Å². The molecular formula is C70H144O10Si14. The molecule has 12 rings (SSSR count). The Morgan fingerprint density at radius 2 is 0.447 bits per heavy atom. The van der Waals surface area contributed by atoms with Gasteiger partial charge in [-0.1, -0.05) is 48.6 Å². The van der Waals surface area contributed by atoms with Crippen LogP contribution >= 0.6 is 0 Å². The van der Waals surface area contributed by atoms with Crippen molar-refractivity contribution in [2.45, 2.75) is 296 Å². The molecule has 540 valence electrons. The van der Waals surface area contributed by atoms with E-state index in [2.05, 4.69) is 258 Å². The lowest BCUT2D eigenvalue weighted by molar-refractivity contribution is 0.153. The number of hydrogen-bond donors (Lipinski definition) is 0. The van der Waals surface area contributed by atoms with Crippen LogP contribution in [0.3, 0.4) is 0 Å². The molecule has 0 N–H and O–H groups in total. The molecule has 8 fully saturated rings. The van der Waals surface area contributed by atoms with Crippen LogP contribution in [-0.2, 0) is 41.2 Å². The van der Waals surface area contributed by atoms with Gasteiger partial charge in [0.15, 0.2) is 83.2 Å². The maximum Gasteiger partial charge on any atom is 0.473 e. The van der Waals surface area contributed by atoms with E-state index in [9.17, 15) is 0 Å².